The van der Waals surface area contributed by atoms with Crippen LogP contribution in [0, 0.1) is 6.92 Å². The van der Waals surface area contributed by atoms with E-state index in [-0.39, 0.29) is 6.04 Å². The summed E-state index contributed by atoms with van der Waals surface area (Å²) in [5.74, 6) is 0.902. The number of nitrogens with one attached hydrogen (secondary N) is 1. The second-order valence-corrected chi connectivity index (χ2v) is 5.13. The molecule has 0 aliphatic heterocycles. The number of hydrogen-bond acceptors (Lipinski definition) is 4. The number of likely N-dealkylation sites (N-methyl/N-ethyl adjacent to an activating group) is 1. The third kappa shape index (κ3) is 5.94. The van der Waals surface area contributed by atoms with Crippen molar-refractivity contribution >= 4 is 5.69 Å². The van der Waals surface area contributed by atoms with Gasteiger partial charge in [0.1, 0.15) is 12.4 Å². The van der Waals surface area contributed by atoms with Crippen LogP contribution >= 0.6 is 0 Å². The summed E-state index contributed by atoms with van der Waals surface area (Å²) in [6, 6.07) is 6.42. The maximum Gasteiger partial charge on any atom is 0.121 e. The Morgan fingerprint density at radius 2 is 2.05 bits per heavy atom. The van der Waals surface area contributed by atoms with E-state index in [1.165, 1.54) is 5.56 Å². The Balaban J connectivity index is 2.60. The Labute approximate surface area is 116 Å². The summed E-state index contributed by atoms with van der Waals surface area (Å²) < 4.78 is 10.9. The van der Waals surface area contributed by atoms with Crippen molar-refractivity contribution in [2.75, 3.05) is 46.3 Å². The van der Waals surface area contributed by atoms with Gasteiger partial charge in [0.05, 0.1) is 6.61 Å². The molecule has 0 aliphatic rings. The molecule has 1 aromatic carbocycles. The molecular weight excluding hydrogens is 240 g/mol. The SMILES string of the molecule is COCC(C)Nc1cc(OCCN(C)C)ccc1C. The summed E-state index contributed by atoms with van der Waals surface area (Å²) in [5, 5.41) is 3.44. The number of methoxy groups -OCH3 is 1. The van der Waals surface area contributed by atoms with Crippen LogP contribution in [0.4, 0.5) is 5.69 Å². The predicted molar refractivity (Wildman–Crippen MR) is 80.2 cm³/mol. The maximum atomic E-state index is 5.74. The van der Waals surface area contributed by atoms with Crippen LogP contribution < -0.4 is 10.1 Å². The molecule has 4 heteroatoms. The van der Waals surface area contributed by atoms with Gasteiger partial charge in [0, 0.05) is 31.5 Å². The van der Waals surface area contributed by atoms with E-state index in [1.54, 1.807) is 7.11 Å². The molecule has 108 valence electrons. The molecule has 4 nitrogen and oxygen atoms in total. The summed E-state index contributed by atoms with van der Waals surface area (Å²) in [7, 11) is 5.79. The summed E-state index contributed by atoms with van der Waals surface area (Å²) in [4.78, 5) is 2.11. The van der Waals surface area contributed by atoms with E-state index in [4.69, 9.17) is 9.47 Å². The van der Waals surface area contributed by atoms with Gasteiger partial charge in [-0.15, -0.1) is 0 Å². The second kappa shape index (κ2) is 8.02. The summed E-state index contributed by atoms with van der Waals surface area (Å²) in [5.41, 5.74) is 2.31. The Hall–Kier alpha value is -1.26. The highest BCUT2D eigenvalue weighted by atomic mass is 16.5. The lowest BCUT2D eigenvalue weighted by molar-refractivity contribution is 0.190. The average molecular weight is 266 g/mol. The molecule has 1 unspecified atom stereocenters. The summed E-state index contributed by atoms with van der Waals surface area (Å²) >= 11 is 0. The van der Waals surface area contributed by atoms with Crippen LogP contribution in [0.5, 0.6) is 5.75 Å². The minimum Gasteiger partial charge on any atom is -0.492 e. The Kier molecular flexibility index (Phi) is 6.67. The lowest BCUT2D eigenvalue weighted by Crippen LogP contribution is -2.21. The number of nitrogens with zero attached hydrogens (tertiary/aromatic N) is 1. The lowest BCUT2D eigenvalue weighted by atomic mass is 10.1. The normalized spacial score (nSPS) is 12.5. The highest BCUT2D eigenvalue weighted by Crippen LogP contribution is 2.22. The van der Waals surface area contributed by atoms with Gasteiger partial charge in [-0.1, -0.05) is 6.07 Å². The Morgan fingerprint density at radius 3 is 2.68 bits per heavy atom. The fourth-order valence-corrected chi connectivity index (χ4v) is 1.75. The molecule has 1 rings (SSSR count). The van der Waals surface area contributed by atoms with Crippen molar-refractivity contribution in [3.63, 3.8) is 0 Å². The van der Waals surface area contributed by atoms with E-state index in [2.05, 4.69) is 36.2 Å². The first-order valence-corrected chi connectivity index (χ1v) is 6.66. The zero-order chi connectivity index (χ0) is 14.3. The smallest absolute Gasteiger partial charge is 0.121 e. The predicted octanol–water partition coefficient (Wildman–Crippen LogP) is 2.38. The minimum absolute atomic E-state index is 0.278. The summed E-state index contributed by atoms with van der Waals surface area (Å²) in [6.07, 6.45) is 0. The van der Waals surface area contributed by atoms with Gasteiger partial charge in [0.2, 0.25) is 0 Å². The van der Waals surface area contributed by atoms with Crippen LogP contribution in [0.2, 0.25) is 0 Å². The molecule has 0 saturated heterocycles. The second-order valence-electron chi connectivity index (χ2n) is 5.13. The molecule has 0 aromatic heterocycles. The van der Waals surface area contributed by atoms with Gasteiger partial charge in [0.25, 0.3) is 0 Å². The number of ether oxygens (including phenoxy) is 2. The zero-order valence-corrected chi connectivity index (χ0v) is 12.7. The molecule has 0 amide bonds. The van der Waals surface area contributed by atoms with Gasteiger partial charge in [-0.3, -0.25) is 0 Å². The fraction of sp³-hybridized carbons (Fsp3) is 0.600. The van der Waals surface area contributed by atoms with Crippen LogP contribution in [0.1, 0.15) is 12.5 Å². The van der Waals surface area contributed by atoms with Crippen LogP contribution in [0.25, 0.3) is 0 Å². The molecule has 1 aromatic rings. The molecule has 1 atom stereocenters. The average Bonchev–Trinajstić information content (AvgIpc) is 2.33. The molecule has 0 bridgehead atoms. The number of anilines is 1. The van der Waals surface area contributed by atoms with Crippen LogP contribution in [0.3, 0.4) is 0 Å². The third-order valence-electron chi connectivity index (χ3n) is 2.83. The maximum absolute atomic E-state index is 5.74. The first-order valence-electron chi connectivity index (χ1n) is 6.66. The van der Waals surface area contributed by atoms with Crippen molar-refractivity contribution in [3.8, 4) is 5.75 Å². The Bertz CT molecular complexity index is 380. The van der Waals surface area contributed by atoms with Gasteiger partial charge in [-0.05, 0) is 39.6 Å². The van der Waals surface area contributed by atoms with Gasteiger partial charge >= 0.3 is 0 Å². The number of rotatable bonds is 8. The molecule has 1 N–H and O–H groups in total. The van der Waals surface area contributed by atoms with Crippen molar-refractivity contribution in [1.82, 2.24) is 4.90 Å². The van der Waals surface area contributed by atoms with E-state index < -0.39 is 0 Å². The molecule has 0 aliphatic carbocycles. The lowest BCUT2D eigenvalue weighted by Gasteiger charge is -2.17. The van der Waals surface area contributed by atoms with Crippen LogP contribution in [-0.4, -0.2) is 51.9 Å². The molecule has 0 spiro atoms. The van der Waals surface area contributed by atoms with E-state index in [0.717, 1.165) is 18.0 Å². The van der Waals surface area contributed by atoms with Crippen LogP contribution in [0.15, 0.2) is 18.2 Å². The third-order valence-corrected chi connectivity index (χ3v) is 2.83. The molecule has 0 saturated carbocycles. The highest BCUT2D eigenvalue weighted by molar-refractivity contribution is 5.55. The van der Waals surface area contributed by atoms with Crippen LogP contribution in [-0.2, 0) is 4.74 Å². The van der Waals surface area contributed by atoms with Crippen molar-refractivity contribution in [1.29, 1.82) is 0 Å². The first kappa shape index (κ1) is 15.8. The van der Waals surface area contributed by atoms with Gasteiger partial charge in [-0.2, -0.15) is 0 Å². The zero-order valence-electron chi connectivity index (χ0n) is 12.7. The molecule has 0 radical (unpaired) electrons. The monoisotopic (exact) mass is 266 g/mol. The number of benzene rings is 1. The fourth-order valence-electron chi connectivity index (χ4n) is 1.75. The highest BCUT2D eigenvalue weighted by Gasteiger charge is 2.05. The summed E-state index contributed by atoms with van der Waals surface area (Å²) in [6.45, 7) is 6.49. The standard InChI is InChI=1S/C15H26N2O2/c1-12-6-7-14(19-9-8-17(3)4)10-15(12)16-13(2)11-18-5/h6-7,10,13,16H,8-9,11H2,1-5H3. The van der Waals surface area contributed by atoms with E-state index in [1.807, 2.05) is 20.2 Å². The van der Waals surface area contributed by atoms with E-state index >= 15 is 0 Å². The van der Waals surface area contributed by atoms with Crippen molar-refractivity contribution < 1.29 is 9.47 Å². The van der Waals surface area contributed by atoms with Gasteiger partial charge in [0.15, 0.2) is 0 Å². The molecule has 0 fully saturated rings. The van der Waals surface area contributed by atoms with Crippen molar-refractivity contribution in [2.24, 2.45) is 0 Å². The van der Waals surface area contributed by atoms with Gasteiger partial charge in [-0.25, -0.2) is 0 Å². The first-order chi connectivity index (χ1) is 9.02. The number of aryl methyl sites for hydroxylation is 1. The molecular formula is C15H26N2O2. The minimum atomic E-state index is 0.278. The topological polar surface area (TPSA) is 33.7 Å². The van der Waals surface area contributed by atoms with Gasteiger partial charge < -0.3 is 19.7 Å². The van der Waals surface area contributed by atoms with Crippen molar-refractivity contribution in [2.45, 2.75) is 19.9 Å². The molecule has 19 heavy (non-hydrogen) atoms. The van der Waals surface area contributed by atoms with E-state index in [9.17, 15) is 0 Å². The quantitative estimate of drug-likeness (QED) is 0.783. The van der Waals surface area contributed by atoms with E-state index in [0.29, 0.717) is 13.2 Å². The Morgan fingerprint density at radius 1 is 1.32 bits per heavy atom. The number of hydrogen-bond donors (Lipinski definition) is 1. The largest absolute Gasteiger partial charge is 0.492 e. The molecule has 0 heterocycles. The van der Waals surface area contributed by atoms with Crippen molar-refractivity contribution in [3.05, 3.63) is 23.8 Å².